The number of nitrogens with one attached hydrogen (secondary N) is 1. The largest absolute Gasteiger partial charge is 0.476 e. The predicted molar refractivity (Wildman–Crippen MR) is 95.1 cm³/mol. The van der Waals surface area contributed by atoms with Crippen LogP contribution in [0.15, 0.2) is 23.6 Å². The number of thiazole rings is 1. The first kappa shape index (κ1) is 18.7. The molecule has 0 fully saturated rings. The number of carboxylic acids is 1. The zero-order chi connectivity index (χ0) is 17.7. The molecule has 0 radical (unpaired) electrons. The van der Waals surface area contributed by atoms with E-state index >= 15 is 0 Å². The molecule has 1 aromatic carbocycles. The third-order valence-electron chi connectivity index (χ3n) is 3.40. The molecule has 1 atom stereocenters. The molecule has 0 aliphatic rings. The predicted octanol–water partition coefficient (Wildman–Crippen LogP) is 3.69. The molecule has 128 valence electrons. The van der Waals surface area contributed by atoms with E-state index in [2.05, 4.69) is 10.3 Å². The van der Waals surface area contributed by atoms with Crippen LogP contribution in [0.5, 0.6) is 0 Å². The summed E-state index contributed by atoms with van der Waals surface area (Å²) in [5.74, 6) is -1.37. The summed E-state index contributed by atoms with van der Waals surface area (Å²) in [6.07, 6.45) is 1.01. The highest BCUT2D eigenvalue weighted by Crippen LogP contribution is 2.23. The van der Waals surface area contributed by atoms with Crippen LogP contribution < -0.4 is 5.32 Å². The van der Waals surface area contributed by atoms with Crippen LogP contribution in [-0.4, -0.2) is 28.5 Å². The highest BCUT2D eigenvalue weighted by atomic mass is 35.5. The number of hydrogen-bond donors (Lipinski definition) is 2. The summed E-state index contributed by atoms with van der Waals surface area (Å²) in [5, 5.41) is 14.9. The van der Waals surface area contributed by atoms with Crippen LogP contribution in [0, 0.1) is 5.92 Å². The van der Waals surface area contributed by atoms with E-state index in [4.69, 9.17) is 28.3 Å². The molecular weight excluding hydrogens is 371 g/mol. The quantitative estimate of drug-likeness (QED) is 0.760. The van der Waals surface area contributed by atoms with E-state index in [0.717, 1.165) is 5.56 Å². The molecule has 0 aliphatic carbocycles. The Labute approximate surface area is 153 Å². The fourth-order valence-corrected chi connectivity index (χ4v) is 3.36. The van der Waals surface area contributed by atoms with Crippen molar-refractivity contribution >= 4 is 46.4 Å². The Balaban J connectivity index is 1.81. The second kappa shape index (κ2) is 8.46. The summed E-state index contributed by atoms with van der Waals surface area (Å²) >= 11 is 13.2. The van der Waals surface area contributed by atoms with Gasteiger partial charge in [-0.25, -0.2) is 9.78 Å². The van der Waals surface area contributed by atoms with Gasteiger partial charge in [0.1, 0.15) is 0 Å². The molecule has 1 amide bonds. The Morgan fingerprint density at radius 2 is 2.12 bits per heavy atom. The van der Waals surface area contributed by atoms with Crippen molar-refractivity contribution in [1.29, 1.82) is 0 Å². The highest BCUT2D eigenvalue weighted by molar-refractivity contribution is 7.09. The molecule has 2 rings (SSSR count). The summed E-state index contributed by atoms with van der Waals surface area (Å²) in [7, 11) is 0. The average molecular weight is 387 g/mol. The van der Waals surface area contributed by atoms with E-state index in [1.54, 1.807) is 12.1 Å². The van der Waals surface area contributed by atoms with Crippen molar-refractivity contribution in [2.45, 2.75) is 19.8 Å². The van der Waals surface area contributed by atoms with Crippen molar-refractivity contribution in [3.05, 3.63) is 49.9 Å². The van der Waals surface area contributed by atoms with E-state index in [0.29, 0.717) is 34.4 Å². The molecule has 0 aliphatic heterocycles. The van der Waals surface area contributed by atoms with Crippen molar-refractivity contribution in [2.24, 2.45) is 5.92 Å². The molecule has 2 N–H and O–H groups in total. The molecule has 1 aromatic heterocycles. The minimum atomic E-state index is -1.05. The van der Waals surface area contributed by atoms with E-state index in [-0.39, 0.29) is 17.5 Å². The Kier molecular flexibility index (Phi) is 6.60. The summed E-state index contributed by atoms with van der Waals surface area (Å²) < 4.78 is 0. The van der Waals surface area contributed by atoms with Gasteiger partial charge < -0.3 is 10.4 Å². The van der Waals surface area contributed by atoms with Crippen molar-refractivity contribution in [1.82, 2.24) is 10.3 Å². The lowest BCUT2D eigenvalue weighted by Gasteiger charge is -2.13. The molecule has 5 nitrogen and oxygen atoms in total. The SMILES string of the molecule is CC(Cc1ccc(Cl)cc1Cl)C(=O)NCCc1nc(C(=O)O)cs1. The van der Waals surface area contributed by atoms with Crippen LogP contribution in [0.1, 0.15) is 28.0 Å². The molecule has 1 unspecified atom stereocenters. The number of aromatic carboxylic acids is 1. The third-order valence-corrected chi connectivity index (χ3v) is 4.89. The molecule has 2 aromatic rings. The number of carboxylic acid groups (broad SMARTS) is 1. The Bertz CT molecular complexity index is 749. The summed E-state index contributed by atoms with van der Waals surface area (Å²) in [6.45, 7) is 2.23. The average Bonchev–Trinajstić information content (AvgIpc) is 2.99. The Hall–Kier alpha value is -1.63. The van der Waals surface area contributed by atoms with Gasteiger partial charge in [0.2, 0.25) is 5.91 Å². The molecule has 0 spiro atoms. The van der Waals surface area contributed by atoms with Gasteiger partial charge >= 0.3 is 5.97 Å². The maximum Gasteiger partial charge on any atom is 0.355 e. The van der Waals surface area contributed by atoms with Crippen LogP contribution in [-0.2, 0) is 17.6 Å². The Morgan fingerprint density at radius 3 is 2.75 bits per heavy atom. The molecule has 1 heterocycles. The molecule has 24 heavy (non-hydrogen) atoms. The number of rotatable bonds is 7. The van der Waals surface area contributed by atoms with E-state index in [1.165, 1.54) is 16.7 Å². The fourth-order valence-electron chi connectivity index (χ4n) is 2.10. The van der Waals surface area contributed by atoms with Crippen LogP contribution >= 0.6 is 34.5 Å². The second-order valence-electron chi connectivity index (χ2n) is 5.31. The zero-order valence-electron chi connectivity index (χ0n) is 12.9. The smallest absolute Gasteiger partial charge is 0.355 e. The zero-order valence-corrected chi connectivity index (χ0v) is 15.2. The minimum Gasteiger partial charge on any atom is -0.476 e. The molecular formula is C16H16Cl2N2O3S. The first-order chi connectivity index (χ1) is 11.4. The van der Waals surface area contributed by atoms with Gasteiger partial charge in [0.15, 0.2) is 5.69 Å². The van der Waals surface area contributed by atoms with Gasteiger partial charge in [0.05, 0.1) is 5.01 Å². The molecule has 0 bridgehead atoms. The molecule has 0 saturated heterocycles. The lowest BCUT2D eigenvalue weighted by atomic mass is 10.0. The van der Waals surface area contributed by atoms with Crippen molar-refractivity contribution in [3.63, 3.8) is 0 Å². The van der Waals surface area contributed by atoms with Gasteiger partial charge in [-0.15, -0.1) is 11.3 Å². The van der Waals surface area contributed by atoms with Gasteiger partial charge in [-0.3, -0.25) is 4.79 Å². The number of aromatic nitrogens is 1. The highest BCUT2D eigenvalue weighted by Gasteiger charge is 2.15. The Morgan fingerprint density at radius 1 is 1.38 bits per heavy atom. The molecule has 0 saturated carbocycles. The first-order valence-electron chi connectivity index (χ1n) is 7.26. The van der Waals surface area contributed by atoms with Gasteiger partial charge in [0.25, 0.3) is 0 Å². The number of amides is 1. The van der Waals surface area contributed by atoms with Gasteiger partial charge in [-0.1, -0.05) is 36.2 Å². The maximum absolute atomic E-state index is 12.1. The second-order valence-corrected chi connectivity index (χ2v) is 7.10. The number of carbonyl (C=O) groups excluding carboxylic acids is 1. The summed E-state index contributed by atoms with van der Waals surface area (Å²) in [4.78, 5) is 26.9. The van der Waals surface area contributed by atoms with Crippen LogP contribution in [0.3, 0.4) is 0 Å². The normalized spacial score (nSPS) is 12.0. The van der Waals surface area contributed by atoms with E-state index < -0.39 is 5.97 Å². The van der Waals surface area contributed by atoms with Crippen molar-refractivity contribution in [3.8, 4) is 0 Å². The topological polar surface area (TPSA) is 79.3 Å². The van der Waals surface area contributed by atoms with Gasteiger partial charge in [0, 0.05) is 34.3 Å². The number of carbonyl (C=O) groups is 2. The van der Waals surface area contributed by atoms with E-state index in [9.17, 15) is 9.59 Å². The lowest BCUT2D eigenvalue weighted by Crippen LogP contribution is -2.31. The number of nitrogens with zero attached hydrogens (tertiary/aromatic N) is 1. The maximum atomic E-state index is 12.1. The number of halogens is 2. The summed E-state index contributed by atoms with van der Waals surface area (Å²) in [5.41, 5.74) is 0.904. The van der Waals surface area contributed by atoms with E-state index in [1.807, 2.05) is 13.0 Å². The first-order valence-corrected chi connectivity index (χ1v) is 8.89. The lowest BCUT2D eigenvalue weighted by molar-refractivity contribution is -0.124. The molecule has 8 heteroatoms. The minimum absolute atomic E-state index is 0.0343. The van der Waals surface area contributed by atoms with Crippen molar-refractivity contribution < 1.29 is 14.7 Å². The summed E-state index contributed by atoms with van der Waals surface area (Å²) in [6, 6.07) is 5.22. The number of benzene rings is 1. The van der Waals surface area contributed by atoms with Crippen LogP contribution in [0.25, 0.3) is 0 Å². The van der Waals surface area contributed by atoms with Gasteiger partial charge in [-0.05, 0) is 24.1 Å². The van der Waals surface area contributed by atoms with Crippen LogP contribution in [0.2, 0.25) is 10.0 Å². The standard InChI is InChI=1S/C16H16Cl2N2O3S/c1-9(6-10-2-3-11(17)7-12(10)18)15(21)19-5-4-14-20-13(8-24-14)16(22)23/h2-3,7-9H,4-6H2,1H3,(H,19,21)(H,22,23). The van der Waals surface area contributed by atoms with Gasteiger partial charge in [-0.2, -0.15) is 0 Å². The number of hydrogen-bond acceptors (Lipinski definition) is 4. The monoisotopic (exact) mass is 386 g/mol. The van der Waals surface area contributed by atoms with Crippen molar-refractivity contribution in [2.75, 3.05) is 6.54 Å². The van der Waals surface area contributed by atoms with Crippen LogP contribution in [0.4, 0.5) is 0 Å². The third kappa shape index (κ3) is 5.19. The fraction of sp³-hybridized carbons (Fsp3) is 0.312.